The van der Waals surface area contributed by atoms with E-state index in [1.165, 1.54) is 4.90 Å². The Hall–Kier alpha value is -1.80. The van der Waals surface area contributed by atoms with Crippen LogP contribution in [-0.4, -0.2) is 41.3 Å². The molecule has 1 atom stereocenters. The van der Waals surface area contributed by atoms with Gasteiger partial charge in [-0.15, -0.1) is 0 Å². The molecule has 1 aromatic rings. The van der Waals surface area contributed by atoms with Gasteiger partial charge in [0.25, 0.3) is 11.1 Å². The molecule has 26 heavy (non-hydrogen) atoms. The maximum absolute atomic E-state index is 12.6. The highest BCUT2D eigenvalue weighted by Gasteiger charge is 2.37. The summed E-state index contributed by atoms with van der Waals surface area (Å²) >= 11 is 4.28. The van der Waals surface area contributed by atoms with Crippen LogP contribution in [-0.2, 0) is 14.3 Å². The van der Waals surface area contributed by atoms with Crippen molar-refractivity contribution in [2.24, 2.45) is 0 Å². The smallest absolute Gasteiger partial charge is 0.344 e. The van der Waals surface area contributed by atoms with Gasteiger partial charge in [0.05, 0.1) is 11.5 Å². The summed E-state index contributed by atoms with van der Waals surface area (Å²) < 4.78 is 11.1. The zero-order valence-electron chi connectivity index (χ0n) is 14.8. The van der Waals surface area contributed by atoms with Crippen molar-refractivity contribution in [2.45, 2.75) is 33.2 Å². The largest absolute Gasteiger partial charge is 0.481 e. The third kappa shape index (κ3) is 4.88. The highest BCUT2D eigenvalue weighted by atomic mass is 79.9. The summed E-state index contributed by atoms with van der Waals surface area (Å²) in [5.41, 5.74) is 0.596. The number of imide groups is 1. The number of hydrogen-bond acceptors (Lipinski definition) is 6. The lowest BCUT2D eigenvalue weighted by atomic mass is 10.1. The summed E-state index contributed by atoms with van der Waals surface area (Å²) in [7, 11) is 0. The minimum atomic E-state index is -0.474. The van der Waals surface area contributed by atoms with Crippen molar-refractivity contribution in [1.29, 1.82) is 0 Å². The first-order valence-electron chi connectivity index (χ1n) is 8.22. The van der Waals surface area contributed by atoms with E-state index < -0.39 is 5.97 Å². The van der Waals surface area contributed by atoms with Crippen LogP contribution in [0.25, 0.3) is 6.08 Å². The highest BCUT2D eigenvalue weighted by Crippen LogP contribution is 2.36. The van der Waals surface area contributed by atoms with Crippen LogP contribution >= 0.6 is 27.7 Å². The number of nitrogens with zero attached hydrogens (tertiary/aromatic N) is 1. The lowest BCUT2D eigenvalue weighted by Gasteiger charge is -2.19. The first-order valence-corrected chi connectivity index (χ1v) is 9.83. The average Bonchev–Trinajstić information content (AvgIpc) is 2.87. The fourth-order valence-corrected chi connectivity index (χ4v) is 3.59. The van der Waals surface area contributed by atoms with Crippen molar-refractivity contribution in [3.8, 4) is 5.75 Å². The quantitative estimate of drug-likeness (QED) is 0.465. The van der Waals surface area contributed by atoms with Gasteiger partial charge in [-0.25, -0.2) is 4.79 Å². The topological polar surface area (TPSA) is 72.9 Å². The number of carbonyl (C=O) groups excluding carboxylic acids is 3. The van der Waals surface area contributed by atoms with Crippen LogP contribution in [0.4, 0.5) is 4.79 Å². The molecule has 1 heterocycles. The van der Waals surface area contributed by atoms with Crippen LogP contribution in [0.15, 0.2) is 27.6 Å². The predicted molar refractivity (Wildman–Crippen MR) is 104 cm³/mol. The normalized spacial score (nSPS) is 16.9. The van der Waals surface area contributed by atoms with Gasteiger partial charge in [0.2, 0.25) is 0 Å². The minimum absolute atomic E-state index is 0.157. The second kappa shape index (κ2) is 9.23. The molecule has 8 heteroatoms. The van der Waals surface area contributed by atoms with Crippen molar-refractivity contribution in [3.05, 3.63) is 33.1 Å². The Balaban J connectivity index is 2.26. The van der Waals surface area contributed by atoms with Crippen LogP contribution in [0.1, 0.15) is 32.8 Å². The molecule has 2 amide bonds. The SMILES string of the molecule is CCOC(=O)COc1ccc(Br)cc1/C=C1/SC(=O)N([C@H](C)CC)C1=O. The van der Waals surface area contributed by atoms with Gasteiger partial charge in [0.15, 0.2) is 6.61 Å². The monoisotopic (exact) mass is 441 g/mol. The number of esters is 1. The van der Waals surface area contributed by atoms with E-state index in [4.69, 9.17) is 9.47 Å². The van der Waals surface area contributed by atoms with Crippen LogP contribution in [0, 0.1) is 0 Å². The fraction of sp³-hybridized carbons (Fsp3) is 0.389. The molecule has 1 aromatic carbocycles. The zero-order valence-corrected chi connectivity index (χ0v) is 17.2. The number of halogens is 1. The van der Waals surface area contributed by atoms with Crippen molar-refractivity contribution in [1.82, 2.24) is 4.90 Å². The Morgan fingerprint density at radius 2 is 2.08 bits per heavy atom. The van der Waals surface area contributed by atoms with Gasteiger partial charge in [-0.3, -0.25) is 14.5 Å². The van der Waals surface area contributed by atoms with E-state index in [1.807, 2.05) is 13.8 Å². The Bertz CT molecular complexity index is 749. The summed E-state index contributed by atoms with van der Waals surface area (Å²) in [4.78, 5) is 37.8. The van der Waals surface area contributed by atoms with E-state index in [0.29, 0.717) is 22.6 Å². The van der Waals surface area contributed by atoms with Gasteiger partial charge in [-0.05, 0) is 56.3 Å². The predicted octanol–water partition coefficient (Wildman–Crippen LogP) is 4.23. The van der Waals surface area contributed by atoms with Crippen LogP contribution in [0.2, 0.25) is 0 Å². The Morgan fingerprint density at radius 3 is 2.73 bits per heavy atom. The second-order valence-electron chi connectivity index (χ2n) is 5.58. The van der Waals surface area contributed by atoms with E-state index in [1.54, 1.807) is 31.2 Å². The number of benzene rings is 1. The maximum atomic E-state index is 12.6. The van der Waals surface area contributed by atoms with E-state index in [9.17, 15) is 14.4 Å². The standard InChI is InChI=1S/C18H20BrNO5S/c1-4-11(3)20-17(22)15(26-18(20)23)9-12-8-13(19)6-7-14(12)25-10-16(21)24-5-2/h6-9,11H,4-5,10H2,1-3H3/b15-9+/t11-/m1/s1. The number of carbonyl (C=O) groups is 3. The third-order valence-electron chi connectivity index (χ3n) is 3.76. The van der Waals surface area contributed by atoms with Gasteiger partial charge < -0.3 is 9.47 Å². The maximum Gasteiger partial charge on any atom is 0.344 e. The van der Waals surface area contributed by atoms with Gasteiger partial charge in [-0.2, -0.15) is 0 Å². The van der Waals surface area contributed by atoms with E-state index >= 15 is 0 Å². The van der Waals surface area contributed by atoms with Crippen LogP contribution in [0.5, 0.6) is 5.75 Å². The molecule has 0 aliphatic carbocycles. The number of hydrogen-bond donors (Lipinski definition) is 0. The number of amides is 2. The summed E-state index contributed by atoms with van der Waals surface area (Å²) in [5, 5.41) is -0.278. The van der Waals surface area contributed by atoms with Crippen molar-refractivity contribution >= 4 is 50.9 Å². The highest BCUT2D eigenvalue weighted by molar-refractivity contribution is 9.10. The summed E-state index contributed by atoms with van der Waals surface area (Å²) in [6.07, 6.45) is 2.30. The number of thioether (sulfide) groups is 1. The average molecular weight is 442 g/mol. The molecule has 6 nitrogen and oxygen atoms in total. The molecule has 1 saturated heterocycles. The third-order valence-corrected chi connectivity index (χ3v) is 5.14. The first-order chi connectivity index (χ1) is 12.4. The van der Waals surface area contributed by atoms with E-state index in [0.717, 1.165) is 16.2 Å². The molecule has 0 bridgehead atoms. The Labute approximate surface area is 165 Å². The second-order valence-corrected chi connectivity index (χ2v) is 7.49. The lowest BCUT2D eigenvalue weighted by molar-refractivity contribution is -0.145. The minimum Gasteiger partial charge on any atom is -0.481 e. The van der Waals surface area contributed by atoms with Crippen LogP contribution in [0.3, 0.4) is 0 Å². The molecule has 1 aliphatic heterocycles. The molecule has 140 valence electrons. The molecule has 1 aliphatic rings. The van der Waals surface area contributed by atoms with Gasteiger partial charge in [0, 0.05) is 16.1 Å². The summed E-state index contributed by atoms with van der Waals surface area (Å²) in [6.45, 7) is 5.53. The van der Waals surface area contributed by atoms with Crippen molar-refractivity contribution in [3.63, 3.8) is 0 Å². The molecule has 0 unspecified atom stereocenters. The molecule has 0 saturated carbocycles. The lowest BCUT2D eigenvalue weighted by Crippen LogP contribution is -2.36. The Kier molecular flexibility index (Phi) is 7.28. The molecule has 2 rings (SSSR count). The molecular weight excluding hydrogens is 422 g/mol. The fourth-order valence-electron chi connectivity index (χ4n) is 2.29. The van der Waals surface area contributed by atoms with E-state index in [-0.39, 0.29) is 30.4 Å². The van der Waals surface area contributed by atoms with Crippen molar-refractivity contribution < 1.29 is 23.9 Å². The van der Waals surface area contributed by atoms with Crippen LogP contribution < -0.4 is 4.74 Å². The molecule has 0 radical (unpaired) electrons. The molecular formula is C18H20BrNO5S. The Morgan fingerprint density at radius 1 is 1.35 bits per heavy atom. The van der Waals surface area contributed by atoms with Gasteiger partial charge in [0.1, 0.15) is 5.75 Å². The molecule has 0 spiro atoms. The summed E-state index contributed by atoms with van der Waals surface area (Å²) in [5.74, 6) is -0.360. The van der Waals surface area contributed by atoms with Crippen molar-refractivity contribution in [2.75, 3.05) is 13.2 Å². The molecule has 1 fully saturated rings. The number of rotatable bonds is 7. The van der Waals surface area contributed by atoms with E-state index in [2.05, 4.69) is 15.9 Å². The summed E-state index contributed by atoms with van der Waals surface area (Å²) in [6, 6.07) is 5.06. The number of ether oxygens (including phenoxy) is 2. The zero-order chi connectivity index (χ0) is 19.3. The van der Waals surface area contributed by atoms with Gasteiger partial charge >= 0.3 is 5.97 Å². The first kappa shape index (κ1) is 20.5. The van der Waals surface area contributed by atoms with Gasteiger partial charge in [-0.1, -0.05) is 22.9 Å². The molecule has 0 N–H and O–H groups in total. The molecule has 0 aromatic heterocycles.